The molecule has 1 rings (SSSR count). The van der Waals surface area contributed by atoms with E-state index in [-0.39, 0.29) is 0 Å². The molecule has 0 aromatic rings. The van der Waals surface area contributed by atoms with Gasteiger partial charge in [0.05, 0.1) is 0 Å². The molecule has 1 aliphatic rings. The highest BCUT2D eigenvalue weighted by molar-refractivity contribution is 4.52. The van der Waals surface area contributed by atoms with E-state index in [4.69, 9.17) is 0 Å². The molecular formula is C17H34. The molecule has 0 aromatic heterocycles. The van der Waals surface area contributed by atoms with Gasteiger partial charge in [-0.1, -0.05) is 109 Å². The van der Waals surface area contributed by atoms with Crippen molar-refractivity contribution in [3.63, 3.8) is 0 Å². The maximum atomic E-state index is 1.50. The highest BCUT2D eigenvalue weighted by Gasteiger charge is 1.96. The lowest BCUT2D eigenvalue weighted by atomic mass is 10.0. The second-order valence-electron chi connectivity index (χ2n) is 6.01. The topological polar surface area (TPSA) is 0 Å². The Bertz CT molecular complexity index is 69.5. The molecule has 0 saturated heterocycles. The second kappa shape index (κ2) is 12.5. The first-order chi connectivity index (χ1) is 8.50. The molecule has 0 N–H and O–H groups in total. The molecule has 0 unspecified atom stereocenters. The lowest BCUT2D eigenvalue weighted by molar-refractivity contribution is 0.538. The van der Waals surface area contributed by atoms with Gasteiger partial charge < -0.3 is 0 Å². The van der Waals surface area contributed by atoms with Crippen LogP contribution in [-0.4, -0.2) is 0 Å². The van der Waals surface area contributed by atoms with E-state index >= 15 is 0 Å². The summed E-state index contributed by atoms with van der Waals surface area (Å²) in [5.74, 6) is 0. The Morgan fingerprint density at radius 1 is 0.118 bits per heavy atom. The van der Waals surface area contributed by atoms with E-state index in [0.29, 0.717) is 0 Å². The Kier molecular flexibility index (Phi) is 11.0. The predicted octanol–water partition coefficient (Wildman–Crippen LogP) is 6.63. The fourth-order valence-electron chi connectivity index (χ4n) is 3.01. The fraction of sp³-hybridized carbons (Fsp3) is 1.00. The van der Waals surface area contributed by atoms with E-state index in [9.17, 15) is 0 Å². The van der Waals surface area contributed by atoms with E-state index in [1.54, 1.807) is 0 Å². The first kappa shape index (κ1) is 15.1. The van der Waals surface area contributed by atoms with E-state index in [2.05, 4.69) is 0 Å². The van der Waals surface area contributed by atoms with E-state index in [1.807, 2.05) is 0 Å². The number of rotatable bonds is 0. The molecular weight excluding hydrogens is 204 g/mol. The average Bonchev–Trinajstić information content (AvgIpc) is 2.35. The third kappa shape index (κ3) is 10.9. The van der Waals surface area contributed by atoms with Crippen LogP contribution in [0.2, 0.25) is 0 Å². The van der Waals surface area contributed by atoms with Crippen LogP contribution >= 0.6 is 0 Å². The first-order valence-electron chi connectivity index (χ1n) is 8.50. The van der Waals surface area contributed by atoms with Crippen LogP contribution in [0.4, 0.5) is 0 Å². The molecule has 0 amide bonds. The van der Waals surface area contributed by atoms with Gasteiger partial charge in [-0.3, -0.25) is 0 Å². The van der Waals surface area contributed by atoms with Gasteiger partial charge in [-0.05, 0) is 0 Å². The molecule has 1 fully saturated rings. The smallest absolute Gasteiger partial charge is 0.0533 e. The molecule has 1 aliphatic carbocycles. The largest absolute Gasteiger partial charge is 0.0533 e. The van der Waals surface area contributed by atoms with Crippen molar-refractivity contribution in [2.75, 3.05) is 0 Å². The van der Waals surface area contributed by atoms with Crippen molar-refractivity contribution in [1.29, 1.82) is 0 Å². The summed E-state index contributed by atoms with van der Waals surface area (Å²) >= 11 is 0. The zero-order valence-corrected chi connectivity index (χ0v) is 12.0. The van der Waals surface area contributed by atoms with E-state index < -0.39 is 0 Å². The van der Waals surface area contributed by atoms with Crippen LogP contribution < -0.4 is 0 Å². The molecule has 1 saturated carbocycles. The van der Waals surface area contributed by atoms with E-state index in [1.165, 1.54) is 109 Å². The van der Waals surface area contributed by atoms with Crippen LogP contribution in [0.1, 0.15) is 109 Å². The zero-order valence-electron chi connectivity index (χ0n) is 12.0. The van der Waals surface area contributed by atoms with Gasteiger partial charge in [0, 0.05) is 0 Å². The standard InChI is InChI=1S/C17H34/c1-2-4-6-8-10-12-14-16-17-15-13-11-9-7-5-3-1/h1-17H2. The average molecular weight is 238 g/mol. The molecule has 17 heavy (non-hydrogen) atoms. The second-order valence-corrected chi connectivity index (χ2v) is 6.01. The van der Waals surface area contributed by atoms with Crippen molar-refractivity contribution in [1.82, 2.24) is 0 Å². The molecule has 102 valence electrons. The molecule has 0 spiro atoms. The first-order valence-corrected chi connectivity index (χ1v) is 8.50. The Morgan fingerprint density at radius 2 is 0.176 bits per heavy atom. The van der Waals surface area contributed by atoms with Gasteiger partial charge in [0.2, 0.25) is 0 Å². The lowest BCUT2D eigenvalue weighted by Crippen LogP contribution is -1.82. The maximum Gasteiger partial charge on any atom is -0.0533 e. The van der Waals surface area contributed by atoms with Gasteiger partial charge in [0.15, 0.2) is 0 Å². The van der Waals surface area contributed by atoms with Crippen molar-refractivity contribution >= 4 is 0 Å². The highest BCUT2D eigenvalue weighted by Crippen LogP contribution is 2.16. The summed E-state index contributed by atoms with van der Waals surface area (Å²) in [7, 11) is 0. The van der Waals surface area contributed by atoms with Gasteiger partial charge >= 0.3 is 0 Å². The maximum absolute atomic E-state index is 1.50. The van der Waals surface area contributed by atoms with Crippen molar-refractivity contribution in [2.24, 2.45) is 0 Å². The van der Waals surface area contributed by atoms with Crippen molar-refractivity contribution in [3.8, 4) is 0 Å². The summed E-state index contributed by atoms with van der Waals surface area (Å²) in [4.78, 5) is 0. The summed E-state index contributed by atoms with van der Waals surface area (Å²) in [5.41, 5.74) is 0. The van der Waals surface area contributed by atoms with Crippen LogP contribution in [0.3, 0.4) is 0 Å². The van der Waals surface area contributed by atoms with Crippen LogP contribution in [0.5, 0.6) is 0 Å². The molecule has 0 aliphatic heterocycles. The molecule has 0 atom stereocenters. The van der Waals surface area contributed by atoms with Gasteiger partial charge in [-0.25, -0.2) is 0 Å². The fourth-order valence-corrected chi connectivity index (χ4v) is 3.01. The molecule has 0 heterocycles. The van der Waals surface area contributed by atoms with Gasteiger partial charge in [0.25, 0.3) is 0 Å². The van der Waals surface area contributed by atoms with Gasteiger partial charge in [-0.2, -0.15) is 0 Å². The van der Waals surface area contributed by atoms with Crippen molar-refractivity contribution in [2.45, 2.75) is 109 Å². The number of hydrogen-bond donors (Lipinski definition) is 0. The van der Waals surface area contributed by atoms with Crippen LogP contribution in [-0.2, 0) is 0 Å². The molecule has 0 heteroatoms. The predicted molar refractivity (Wildman–Crippen MR) is 78.5 cm³/mol. The molecule has 0 radical (unpaired) electrons. The molecule has 0 nitrogen and oxygen atoms in total. The Balaban J connectivity index is 2.01. The summed E-state index contributed by atoms with van der Waals surface area (Å²) in [6.07, 6.45) is 25.5. The minimum atomic E-state index is 1.50. The Morgan fingerprint density at radius 3 is 0.235 bits per heavy atom. The minimum Gasteiger partial charge on any atom is -0.0533 e. The van der Waals surface area contributed by atoms with Crippen molar-refractivity contribution in [3.05, 3.63) is 0 Å². The molecule has 0 aromatic carbocycles. The SMILES string of the molecule is C1CCCCCCCCCCCCCCCC1. The van der Waals surface area contributed by atoms with Crippen LogP contribution in [0, 0.1) is 0 Å². The normalized spacial score (nSPS) is 24.0. The zero-order chi connectivity index (χ0) is 12.0. The lowest BCUT2D eigenvalue weighted by Gasteiger charge is -2.02. The summed E-state index contributed by atoms with van der Waals surface area (Å²) < 4.78 is 0. The highest BCUT2D eigenvalue weighted by atomic mass is 14.0. The quantitative estimate of drug-likeness (QED) is 0.444. The summed E-state index contributed by atoms with van der Waals surface area (Å²) in [5, 5.41) is 0. The minimum absolute atomic E-state index is 1.50. The Hall–Kier alpha value is 0. The van der Waals surface area contributed by atoms with Crippen LogP contribution in [0.25, 0.3) is 0 Å². The third-order valence-electron chi connectivity index (χ3n) is 4.25. The van der Waals surface area contributed by atoms with Gasteiger partial charge in [0.1, 0.15) is 0 Å². The van der Waals surface area contributed by atoms with E-state index in [0.717, 1.165) is 0 Å². The summed E-state index contributed by atoms with van der Waals surface area (Å²) in [6, 6.07) is 0. The molecule has 0 bridgehead atoms. The third-order valence-corrected chi connectivity index (χ3v) is 4.25. The van der Waals surface area contributed by atoms with Crippen LogP contribution in [0.15, 0.2) is 0 Å². The van der Waals surface area contributed by atoms with Crippen molar-refractivity contribution < 1.29 is 0 Å². The number of hydrogen-bond acceptors (Lipinski definition) is 0. The summed E-state index contributed by atoms with van der Waals surface area (Å²) in [6.45, 7) is 0. The van der Waals surface area contributed by atoms with Gasteiger partial charge in [-0.15, -0.1) is 0 Å². The Labute approximate surface area is 110 Å². The monoisotopic (exact) mass is 238 g/mol.